The first-order chi connectivity index (χ1) is 16.4. The Morgan fingerprint density at radius 3 is 2.41 bits per heavy atom. The van der Waals surface area contributed by atoms with Crippen LogP contribution in [0.15, 0.2) is 59.5 Å². The Morgan fingerprint density at radius 2 is 1.74 bits per heavy atom. The minimum Gasteiger partial charge on any atom is -0.462 e. The maximum Gasteiger partial charge on any atom is 0.338 e. The molecule has 9 heteroatoms. The Bertz CT molecular complexity index is 1400. The summed E-state index contributed by atoms with van der Waals surface area (Å²) in [6, 6.07) is 14.2. The van der Waals surface area contributed by atoms with Crippen molar-refractivity contribution in [3.8, 4) is 5.69 Å². The van der Waals surface area contributed by atoms with Crippen molar-refractivity contribution in [2.24, 2.45) is 0 Å². The zero-order valence-electron chi connectivity index (χ0n) is 19.2. The highest BCUT2D eigenvalue weighted by molar-refractivity contribution is 5.93. The molecule has 0 aliphatic rings. The summed E-state index contributed by atoms with van der Waals surface area (Å²) in [5.41, 5.74) is 3.14. The molecule has 4 aromatic rings. The number of benzene rings is 2. The van der Waals surface area contributed by atoms with Gasteiger partial charge in [-0.15, -0.1) is 0 Å². The van der Waals surface area contributed by atoms with E-state index in [0.29, 0.717) is 34.7 Å². The Labute approximate surface area is 196 Å². The second kappa shape index (κ2) is 9.70. The van der Waals surface area contributed by atoms with Gasteiger partial charge in [-0.1, -0.05) is 17.7 Å². The SMILES string of the molecule is CCOC(=O)c1ccc(NC(=O)CCn2c(C)nc3c(cnn3-c3ccc(C)cc3)c2=O)cc1. The van der Waals surface area contributed by atoms with Gasteiger partial charge in [-0.3, -0.25) is 14.2 Å². The number of hydrogen-bond acceptors (Lipinski definition) is 6. The molecule has 2 aromatic carbocycles. The molecule has 0 unspecified atom stereocenters. The number of esters is 1. The zero-order valence-corrected chi connectivity index (χ0v) is 19.2. The first-order valence-corrected chi connectivity index (χ1v) is 11.0. The molecule has 34 heavy (non-hydrogen) atoms. The number of ether oxygens (including phenoxy) is 1. The molecule has 0 bridgehead atoms. The fourth-order valence-corrected chi connectivity index (χ4v) is 3.59. The number of rotatable bonds is 7. The van der Waals surface area contributed by atoms with Gasteiger partial charge in [0.05, 0.1) is 24.1 Å². The van der Waals surface area contributed by atoms with E-state index in [1.807, 2.05) is 31.2 Å². The molecule has 0 saturated carbocycles. The number of amides is 1. The van der Waals surface area contributed by atoms with Gasteiger partial charge in [-0.05, 0) is 57.2 Å². The second-order valence-electron chi connectivity index (χ2n) is 7.84. The first kappa shape index (κ1) is 22.9. The number of carbonyl (C=O) groups excluding carboxylic acids is 2. The Kier molecular flexibility index (Phi) is 6.53. The lowest BCUT2D eigenvalue weighted by Gasteiger charge is -2.11. The second-order valence-corrected chi connectivity index (χ2v) is 7.84. The monoisotopic (exact) mass is 459 g/mol. The van der Waals surface area contributed by atoms with Gasteiger partial charge >= 0.3 is 5.97 Å². The summed E-state index contributed by atoms with van der Waals surface area (Å²) in [6.07, 6.45) is 1.59. The molecule has 2 heterocycles. The van der Waals surface area contributed by atoms with Crippen LogP contribution in [0.5, 0.6) is 0 Å². The average Bonchev–Trinajstić information content (AvgIpc) is 3.24. The maximum atomic E-state index is 13.1. The van der Waals surface area contributed by atoms with Crippen molar-refractivity contribution in [2.75, 3.05) is 11.9 Å². The van der Waals surface area contributed by atoms with Gasteiger partial charge < -0.3 is 10.1 Å². The van der Waals surface area contributed by atoms with E-state index in [9.17, 15) is 14.4 Å². The summed E-state index contributed by atoms with van der Waals surface area (Å²) in [5, 5.41) is 7.51. The molecular formula is C25H25N5O4. The van der Waals surface area contributed by atoms with Crippen LogP contribution in [-0.2, 0) is 16.1 Å². The van der Waals surface area contributed by atoms with Gasteiger partial charge in [0.2, 0.25) is 5.91 Å². The van der Waals surface area contributed by atoms with Crippen molar-refractivity contribution in [1.82, 2.24) is 19.3 Å². The normalized spacial score (nSPS) is 10.9. The zero-order chi connectivity index (χ0) is 24.2. The largest absolute Gasteiger partial charge is 0.462 e. The lowest BCUT2D eigenvalue weighted by molar-refractivity contribution is -0.116. The average molecular weight is 460 g/mol. The summed E-state index contributed by atoms with van der Waals surface area (Å²) in [7, 11) is 0. The van der Waals surface area contributed by atoms with E-state index in [1.165, 1.54) is 10.8 Å². The molecule has 2 aromatic heterocycles. The van der Waals surface area contributed by atoms with Crippen LogP contribution >= 0.6 is 0 Å². The van der Waals surface area contributed by atoms with Crippen LogP contribution in [0.2, 0.25) is 0 Å². The van der Waals surface area contributed by atoms with Gasteiger partial charge in [0, 0.05) is 18.7 Å². The third kappa shape index (κ3) is 4.73. The molecule has 0 aliphatic carbocycles. The van der Waals surface area contributed by atoms with Crippen LogP contribution < -0.4 is 10.9 Å². The highest BCUT2D eigenvalue weighted by atomic mass is 16.5. The Morgan fingerprint density at radius 1 is 1.03 bits per heavy atom. The smallest absolute Gasteiger partial charge is 0.338 e. The fraction of sp³-hybridized carbons (Fsp3) is 0.240. The van der Waals surface area contributed by atoms with E-state index >= 15 is 0 Å². The fourth-order valence-electron chi connectivity index (χ4n) is 3.59. The minimum absolute atomic E-state index is 0.0830. The van der Waals surface area contributed by atoms with Crippen molar-refractivity contribution >= 4 is 28.6 Å². The number of aromatic nitrogens is 4. The summed E-state index contributed by atoms with van der Waals surface area (Å²) < 4.78 is 8.07. The number of aryl methyl sites for hydroxylation is 2. The lowest BCUT2D eigenvalue weighted by atomic mass is 10.2. The number of anilines is 1. The van der Waals surface area contributed by atoms with Crippen LogP contribution in [0.4, 0.5) is 5.69 Å². The van der Waals surface area contributed by atoms with Gasteiger partial charge in [0.1, 0.15) is 11.2 Å². The maximum absolute atomic E-state index is 13.1. The number of nitrogens with one attached hydrogen (secondary N) is 1. The van der Waals surface area contributed by atoms with Crippen LogP contribution in [0.3, 0.4) is 0 Å². The Hall–Kier alpha value is -4.27. The van der Waals surface area contributed by atoms with E-state index in [1.54, 1.807) is 42.8 Å². The van der Waals surface area contributed by atoms with Crippen molar-refractivity contribution in [2.45, 2.75) is 33.7 Å². The summed E-state index contributed by atoms with van der Waals surface area (Å²) in [5.74, 6) is -0.174. The molecule has 4 rings (SSSR count). The first-order valence-electron chi connectivity index (χ1n) is 11.0. The predicted molar refractivity (Wildman–Crippen MR) is 128 cm³/mol. The van der Waals surface area contributed by atoms with Crippen LogP contribution in [0.1, 0.15) is 35.1 Å². The molecule has 0 saturated heterocycles. The topological polar surface area (TPSA) is 108 Å². The minimum atomic E-state index is -0.413. The molecule has 0 atom stereocenters. The number of nitrogens with zero attached hydrogens (tertiary/aromatic N) is 4. The van der Waals surface area contributed by atoms with Gasteiger partial charge in [-0.25, -0.2) is 14.5 Å². The van der Waals surface area contributed by atoms with E-state index in [0.717, 1.165) is 11.3 Å². The quantitative estimate of drug-likeness (QED) is 0.425. The van der Waals surface area contributed by atoms with Gasteiger partial charge in [-0.2, -0.15) is 5.10 Å². The standard InChI is InChI=1S/C25H25N5O4/c1-4-34-25(33)18-7-9-19(10-8-18)28-22(31)13-14-29-17(3)27-23-21(24(29)32)15-26-30(23)20-11-5-16(2)6-12-20/h5-12,15H,4,13-14H2,1-3H3,(H,28,31). The van der Waals surface area contributed by atoms with Gasteiger partial charge in [0.25, 0.3) is 5.56 Å². The van der Waals surface area contributed by atoms with E-state index in [4.69, 9.17) is 4.74 Å². The third-order valence-corrected chi connectivity index (χ3v) is 5.40. The lowest BCUT2D eigenvalue weighted by Crippen LogP contribution is -2.26. The molecular weight excluding hydrogens is 434 g/mol. The number of fused-ring (bicyclic) bond motifs is 1. The predicted octanol–water partition coefficient (Wildman–Crippen LogP) is 3.40. The van der Waals surface area contributed by atoms with Crippen molar-refractivity contribution in [1.29, 1.82) is 0 Å². The Balaban J connectivity index is 1.47. The van der Waals surface area contributed by atoms with E-state index < -0.39 is 5.97 Å². The number of carbonyl (C=O) groups is 2. The van der Waals surface area contributed by atoms with Crippen LogP contribution in [-0.4, -0.2) is 37.8 Å². The van der Waals surface area contributed by atoms with Gasteiger partial charge in [0.15, 0.2) is 5.65 Å². The summed E-state index contributed by atoms with van der Waals surface area (Å²) >= 11 is 0. The molecule has 1 amide bonds. The van der Waals surface area contributed by atoms with Crippen molar-refractivity contribution < 1.29 is 14.3 Å². The molecule has 174 valence electrons. The highest BCUT2D eigenvalue weighted by Crippen LogP contribution is 2.16. The van der Waals surface area contributed by atoms with E-state index in [-0.39, 0.29) is 24.4 Å². The molecule has 0 fully saturated rings. The summed E-state index contributed by atoms with van der Waals surface area (Å²) in [6.45, 7) is 5.95. The molecule has 0 spiro atoms. The summed E-state index contributed by atoms with van der Waals surface area (Å²) in [4.78, 5) is 41.8. The molecule has 0 radical (unpaired) electrons. The highest BCUT2D eigenvalue weighted by Gasteiger charge is 2.15. The van der Waals surface area contributed by atoms with Crippen LogP contribution in [0.25, 0.3) is 16.7 Å². The molecule has 1 N–H and O–H groups in total. The van der Waals surface area contributed by atoms with Crippen molar-refractivity contribution in [3.05, 3.63) is 82.0 Å². The van der Waals surface area contributed by atoms with Crippen LogP contribution in [0, 0.1) is 13.8 Å². The van der Waals surface area contributed by atoms with Crippen molar-refractivity contribution in [3.63, 3.8) is 0 Å². The van der Waals surface area contributed by atoms with E-state index in [2.05, 4.69) is 15.4 Å². The molecule has 9 nitrogen and oxygen atoms in total. The third-order valence-electron chi connectivity index (χ3n) is 5.40. The number of hydrogen-bond donors (Lipinski definition) is 1. The molecule has 0 aliphatic heterocycles.